The second kappa shape index (κ2) is 5.00. The quantitative estimate of drug-likeness (QED) is 0.674. The zero-order valence-electron chi connectivity index (χ0n) is 10.2. The van der Waals surface area contributed by atoms with Crippen LogP contribution in [0.5, 0.6) is 0 Å². The Hall–Kier alpha value is -0.160. The summed E-state index contributed by atoms with van der Waals surface area (Å²) in [6, 6.07) is 0. The highest BCUT2D eigenvalue weighted by atomic mass is 16.5. The topological polar surface area (TPSA) is 58.7 Å². The number of likely N-dealkylation sites (tertiary alicyclic amines) is 1. The van der Waals surface area contributed by atoms with E-state index in [1.54, 1.807) is 7.11 Å². The Morgan fingerprint density at radius 2 is 2.19 bits per heavy atom. The lowest BCUT2D eigenvalue weighted by Crippen LogP contribution is -2.49. The van der Waals surface area contributed by atoms with Crippen molar-refractivity contribution in [3.8, 4) is 0 Å². The van der Waals surface area contributed by atoms with Gasteiger partial charge in [0, 0.05) is 26.7 Å². The molecule has 4 nitrogen and oxygen atoms in total. The third-order valence-corrected chi connectivity index (χ3v) is 3.96. The van der Waals surface area contributed by atoms with E-state index in [1.807, 2.05) is 0 Å². The van der Waals surface area contributed by atoms with Gasteiger partial charge in [0.25, 0.3) is 0 Å². The SMILES string of the molecule is COCC1CCN(CC(O)(CN)C2CC2)C1. The molecule has 94 valence electrons. The van der Waals surface area contributed by atoms with Gasteiger partial charge in [-0.05, 0) is 37.6 Å². The fraction of sp³-hybridized carbons (Fsp3) is 1.00. The van der Waals surface area contributed by atoms with E-state index in [4.69, 9.17) is 10.5 Å². The average Bonchev–Trinajstić information content (AvgIpc) is 3.04. The van der Waals surface area contributed by atoms with Gasteiger partial charge in [-0.1, -0.05) is 0 Å². The number of ether oxygens (including phenoxy) is 1. The van der Waals surface area contributed by atoms with E-state index in [0.717, 1.165) is 39.1 Å². The summed E-state index contributed by atoms with van der Waals surface area (Å²) in [5.74, 6) is 1.07. The van der Waals surface area contributed by atoms with Gasteiger partial charge in [0.2, 0.25) is 0 Å². The molecule has 1 aliphatic heterocycles. The molecule has 0 radical (unpaired) electrons. The first-order valence-electron chi connectivity index (χ1n) is 6.31. The minimum Gasteiger partial charge on any atom is -0.387 e. The number of rotatable bonds is 6. The summed E-state index contributed by atoms with van der Waals surface area (Å²) < 4.78 is 5.18. The maximum absolute atomic E-state index is 10.4. The van der Waals surface area contributed by atoms with Crippen molar-refractivity contribution in [2.75, 3.05) is 39.9 Å². The number of aliphatic hydroxyl groups is 1. The van der Waals surface area contributed by atoms with Crippen molar-refractivity contribution < 1.29 is 9.84 Å². The van der Waals surface area contributed by atoms with Crippen LogP contribution in [0.15, 0.2) is 0 Å². The Bertz CT molecular complexity index is 233. The number of hydrogen-bond donors (Lipinski definition) is 2. The molecule has 2 unspecified atom stereocenters. The normalized spacial score (nSPS) is 30.6. The Morgan fingerprint density at radius 3 is 2.75 bits per heavy atom. The second-order valence-electron chi connectivity index (χ2n) is 5.43. The molecule has 0 amide bonds. The first-order valence-corrected chi connectivity index (χ1v) is 6.31. The molecular formula is C12H24N2O2. The van der Waals surface area contributed by atoms with Gasteiger partial charge in [-0.2, -0.15) is 0 Å². The molecule has 1 aliphatic carbocycles. The molecule has 2 aliphatic rings. The zero-order chi connectivity index (χ0) is 11.6. The molecule has 1 saturated heterocycles. The van der Waals surface area contributed by atoms with E-state index in [-0.39, 0.29) is 0 Å². The number of hydrogen-bond acceptors (Lipinski definition) is 4. The molecule has 0 aromatic rings. The first-order chi connectivity index (χ1) is 7.68. The molecule has 16 heavy (non-hydrogen) atoms. The summed E-state index contributed by atoms with van der Waals surface area (Å²) in [6.07, 6.45) is 3.46. The molecular weight excluding hydrogens is 204 g/mol. The fourth-order valence-corrected chi connectivity index (χ4v) is 2.80. The van der Waals surface area contributed by atoms with E-state index in [9.17, 15) is 5.11 Å². The van der Waals surface area contributed by atoms with Gasteiger partial charge < -0.3 is 20.5 Å². The van der Waals surface area contributed by atoms with Crippen LogP contribution in [0.3, 0.4) is 0 Å². The summed E-state index contributed by atoms with van der Waals surface area (Å²) in [7, 11) is 1.75. The Morgan fingerprint density at radius 1 is 1.44 bits per heavy atom. The van der Waals surface area contributed by atoms with E-state index < -0.39 is 5.60 Å². The van der Waals surface area contributed by atoms with E-state index in [2.05, 4.69) is 4.90 Å². The standard InChI is InChI=1S/C12H24N2O2/c1-16-7-10-4-5-14(6-10)9-12(15,8-13)11-2-3-11/h10-11,15H,2-9,13H2,1H3. The molecule has 0 aromatic heterocycles. The minimum atomic E-state index is -0.637. The van der Waals surface area contributed by atoms with E-state index in [0.29, 0.717) is 18.4 Å². The summed E-state index contributed by atoms with van der Waals surface area (Å²) >= 11 is 0. The van der Waals surface area contributed by atoms with Gasteiger partial charge in [-0.15, -0.1) is 0 Å². The highest BCUT2D eigenvalue weighted by molar-refractivity contribution is 4.98. The van der Waals surface area contributed by atoms with Crippen molar-refractivity contribution in [1.29, 1.82) is 0 Å². The van der Waals surface area contributed by atoms with Crippen molar-refractivity contribution >= 4 is 0 Å². The highest BCUT2D eigenvalue weighted by Gasteiger charge is 2.44. The van der Waals surface area contributed by atoms with Crippen molar-refractivity contribution in [1.82, 2.24) is 4.90 Å². The third kappa shape index (κ3) is 2.74. The average molecular weight is 228 g/mol. The van der Waals surface area contributed by atoms with E-state index >= 15 is 0 Å². The van der Waals surface area contributed by atoms with Gasteiger partial charge >= 0.3 is 0 Å². The number of methoxy groups -OCH3 is 1. The molecule has 2 atom stereocenters. The maximum atomic E-state index is 10.4. The molecule has 0 bridgehead atoms. The number of nitrogens with zero attached hydrogens (tertiary/aromatic N) is 1. The van der Waals surface area contributed by atoms with Crippen molar-refractivity contribution in [2.24, 2.45) is 17.6 Å². The monoisotopic (exact) mass is 228 g/mol. The first kappa shape index (κ1) is 12.3. The minimum absolute atomic E-state index is 0.392. The molecule has 2 rings (SSSR count). The van der Waals surface area contributed by atoms with Crippen molar-refractivity contribution in [3.05, 3.63) is 0 Å². The van der Waals surface area contributed by atoms with Gasteiger partial charge in [0.15, 0.2) is 0 Å². The second-order valence-corrected chi connectivity index (χ2v) is 5.43. The summed E-state index contributed by atoms with van der Waals surface area (Å²) in [6.45, 7) is 4.09. The third-order valence-electron chi connectivity index (χ3n) is 3.96. The maximum Gasteiger partial charge on any atom is 0.0923 e. The lowest BCUT2D eigenvalue weighted by atomic mass is 9.97. The molecule has 2 fully saturated rings. The largest absolute Gasteiger partial charge is 0.387 e. The smallest absolute Gasteiger partial charge is 0.0923 e. The Labute approximate surface area is 97.7 Å². The van der Waals surface area contributed by atoms with Crippen LogP contribution in [0.2, 0.25) is 0 Å². The molecule has 0 spiro atoms. The van der Waals surface area contributed by atoms with Gasteiger partial charge in [-0.3, -0.25) is 0 Å². The number of nitrogens with two attached hydrogens (primary N) is 1. The van der Waals surface area contributed by atoms with Crippen LogP contribution in [-0.2, 0) is 4.74 Å². The van der Waals surface area contributed by atoms with Crippen molar-refractivity contribution in [2.45, 2.75) is 24.9 Å². The van der Waals surface area contributed by atoms with Crippen LogP contribution in [0.25, 0.3) is 0 Å². The molecule has 1 saturated carbocycles. The van der Waals surface area contributed by atoms with Gasteiger partial charge in [-0.25, -0.2) is 0 Å². The predicted octanol–water partition coefficient (Wildman–Crippen LogP) is 0.0545. The van der Waals surface area contributed by atoms with Crippen molar-refractivity contribution in [3.63, 3.8) is 0 Å². The predicted molar refractivity (Wildman–Crippen MR) is 63.2 cm³/mol. The lowest BCUT2D eigenvalue weighted by Gasteiger charge is -2.31. The summed E-state index contributed by atoms with van der Waals surface area (Å²) in [5, 5.41) is 10.4. The van der Waals surface area contributed by atoms with Crippen LogP contribution >= 0.6 is 0 Å². The Kier molecular flexibility index (Phi) is 3.85. The van der Waals surface area contributed by atoms with Crippen LogP contribution in [0.4, 0.5) is 0 Å². The number of β-amino-alcohol motifs (C(OH)–C–C–N with tert-alkyl or cyclic N) is 1. The van der Waals surface area contributed by atoms with E-state index in [1.165, 1.54) is 6.42 Å². The molecule has 0 aromatic carbocycles. The molecule has 1 heterocycles. The molecule has 4 heteroatoms. The van der Waals surface area contributed by atoms with Crippen LogP contribution < -0.4 is 5.73 Å². The van der Waals surface area contributed by atoms with Gasteiger partial charge in [0.05, 0.1) is 12.2 Å². The summed E-state index contributed by atoms with van der Waals surface area (Å²) in [4.78, 5) is 2.34. The fourth-order valence-electron chi connectivity index (χ4n) is 2.80. The summed E-state index contributed by atoms with van der Waals surface area (Å²) in [5.41, 5.74) is 5.08. The highest BCUT2D eigenvalue weighted by Crippen LogP contribution is 2.40. The van der Waals surface area contributed by atoms with Gasteiger partial charge in [0.1, 0.15) is 0 Å². The molecule has 3 N–H and O–H groups in total. The Balaban J connectivity index is 1.81. The van der Waals surface area contributed by atoms with Crippen LogP contribution in [0.1, 0.15) is 19.3 Å². The van der Waals surface area contributed by atoms with Crippen LogP contribution in [0, 0.1) is 11.8 Å². The lowest BCUT2D eigenvalue weighted by molar-refractivity contribution is -0.00425. The zero-order valence-corrected chi connectivity index (χ0v) is 10.2. The van der Waals surface area contributed by atoms with Crippen LogP contribution in [-0.4, -0.2) is 55.5 Å².